The van der Waals surface area contributed by atoms with E-state index in [4.69, 9.17) is 14.2 Å². The molecule has 0 N–H and O–H groups in total. The van der Waals surface area contributed by atoms with E-state index in [9.17, 15) is 14.4 Å². The predicted molar refractivity (Wildman–Crippen MR) is 348 cm³/mol. The summed E-state index contributed by atoms with van der Waals surface area (Å²) in [7, 11) is 0. The number of allylic oxidation sites excluding steroid dienone is 24. The third-order valence-electron chi connectivity index (χ3n) is 13.6. The molecule has 0 aliphatic carbocycles. The lowest BCUT2D eigenvalue weighted by molar-refractivity contribution is -0.167. The lowest BCUT2D eigenvalue weighted by Crippen LogP contribution is -2.30. The molecule has 0 saturated carbocycles. The molecule has 0 aliphatic heterocycles. The molecule has 1 unspecified atom stereocenters. The van der Waals surface area contributed by atoms with Crippen molar-refractivity contribution in [1.29, 1.82) is 0 Å². The average molecular weight is 1110 g/mol. The fraction of sp³-hybridized carbons (Fsp3) is 0.635. The quantitative estimate of drug-likeness (QED) is 0.0261. The first-order valence-electron chi connectivity index (χ1n) is 32.8. The first kappa shape index (κ1) is 75.3. The molecule has 0 fully saturated rings. The van der Waals surface area contributed by atoms with Crippen molar-refractivity contribution in [3.05, 3.63) is 146 Å². The summed E-state index contributed by atoms with van der Waals surface area (Å²) in [5.41, 5.74) is 0. The van der Waals surface area contributed by atoms with E-state index >= 15 is 0 Å². The molecule has 0 spiro atoms. The van der Waals surface area contributed by atoms with Crippen molar-refractivity contribution >= 4 is 17.9 Å². The van der Waals surface area contributed by atoms with Gasteiger partial charge in [0.25, 0.3) is 0 Å². The third-order valence-corrected chi connectivity index (χ3v) is 13.6. The van der Waals surface area contributed by atoms with E-state index in [1.807, 2.05) is 0 Å². The molecule has 0 radical (unpaired) electrons. The van der Waals surface area contributed by atoms with Crippen LogP contribution in [-0.4, -0.2) is 37.2 Å². The van der Waals surface area contributed by atoms with Crippen molar-refractivity contribution in [3.63, 3.8) is 0 Å². The van der Waals surface area contributed by atoms with Crippen molar-refractivity contribution in [2.75, 3.05) is 13.2 Å². The Morgan fingerprint density at radius 1 is 0.263 bits per heavy atom. The normalized spacial score (nSPS) is 13.1. The molecular formula is C74H120O6. The summed E-state index contributed by atoms with van der Waals surface area (Å²) < 4.78 is 16.9. The van der Waals surface area contributed by atoms with Crippen LogP contribution in [0.3, 0.4) is 0 Å². The Morgan fingerprint density at radius 2 is 0.487 bits per heavy atom. The van der Waals surface area contributed by atoms with Crippen LogP contribution in [0, 0.1) is 0 Å². The molecule has 80 heavy (non-hydrogen) atoms. The van der Waals surface area contributed by atoms with Crippen LogP contribution in [0.1, 0.15) is 284 Å². The molecule has 6 heteroatoms. The number of hydrogen-bond donors (Lipinski definition) is 0. The molecule has 452 valence electrons. The zero-order valence-corrected chi connectivity index (χ0v) is 51.8. The Bertz CT molecular complexity index is 1750. The van der Waals surface area contributed by atoms with E-state index in [0.717, 1.165) is 135 Å². The SMILES string of the molecule is CC/C=C\C/C=C\C/C=C\C/C=C\C/C=C\C/C=C\C/C=C\C/C=C\CCCCCCCCCCC(=O)OCC(COC(=O)CCCCCCCCCCCCCCCC)OC(=O)CCCC/C=C\C/C=C\C/C=C\C/C=C\CC. The standard InChI is InChI=1S/C74H120O6/c1-4-7-10-13-16-19-22-25-28-29-30-31-32-33-34-35-36-37-38-39-40-41-42-43-44-45-47-49-52-55-58-61-64-67-73(76)79-70-71(69-78-72(75)66-63-60-57-54-51-48-27-24-21-18-15-12-9-6-3)80-74(77)68-65-62-59-56-53-50-46-26-23-20-17-14-11-8-5-2/h7-8,10-11,16-17,19-20,25-26,28,30-31,33-34,36-37,39-40,42-43,46,53,56,71H,4-6,9,12-15,18,21-24,27,29,32,35,38,41,44-45,47-52,54-55,57-70H2,1-3H3/b10-7-,11-8-,19-16-,20-17-,28-25-,31-30-,34-33-,37-36-,40-39-,43-42-,46-26-,56-53-. The minimum absolute atomic E-state index is 0.0989. The fourth-order valence-corrected chi connectivity index (χ4v) is 8.74. The largest absolute Gasteiger partial charge is 0.462 e. The average Bonchev–Trinajstić information content (AvgIpc) is 3.46. The first-order chi connectivity index (χ1) is 39.5. The minimum atomic E-state index is -0.807. The molecule has 0 aliphatic rings. The van der Waals surface area contributed by atoms with Gasteiger partial charge in [-0.15, -0.1) is 0 Å². The van der Waals surface area contributed by atoms with E-state index in [-0.39, 0.29) is 37.5 Å². The molecule has 0 rings (SSSR count). The van der Waals surface area contributed by atoms with E-state index < -0.39 is 6.10 Å². The van der Waals surface area contributed by atoms with Crippen LogP contribution in [-0.2, 0) is 28.6 Å². The molecule has 1 atom stereocenters. The minimum Gasteiger partial charge on any atom is -0.462 e. The van der Waals surface area contributed by atoms with Crippen LogP contribution in [0.15, 0.2) is 146 Å². The van der Waals surface area contributed by atoms with Crippen molar-refractivity contribution in [2.24, 2.45) is 0 Å². The number of carbonyl (C=O) groups is 3. The van der Waals surface area contributed by atoms with Gasteiger partial charge in [0.15, 0.2) is 6.10 Å². The second-order valence-corrected chi connectivity index (χ2v) is 21.3. The number of esters is 3. The molecule has 6 nitrogen and oxygen atoms in total. The molecule has 0 bridgehead atoms. The lowest BCUT2D eigenvalue weighted by Gasteiger charge is -2.18. The van der Waals surface area contributed by atoms with Gasteiger partial charge >= 0.3 is 17.9 Å². The Kier molecular flexibility index (Phi) is 62.9. The Labute approximate surface area is 493 Å². The highest BCUT2D eigenvalue weighted by Gasteiger charge is 2.19. The van der Waals surface area contributed by atoms with Gasteiger partial charge < -0.3 is 14.2 Å². The summed E-state index contributed by atoms with van der Waals surface area (Å²) in [4.78, 5) is 38.3. The van der Waals surface area contributed by atoms with Crippen molar-refractivity contribution in [1.82, 2.24) is 0 Å². The van der Waals surface area contributed by atoms with Gasteiger partial charge in [0, 0.05) is 19.3 Å². The van der Waals surface area contributed by atoms with Crippen LogP contribution < -0.4 is 0 Å². The maximum Gasteiger partial charge on any atom is 0.306 e. The van der Waals surface area contributed by atoms with E-state index in [2.05, 4.69) is 167 Å². The lowest BCUT2D eigenvalue weighted by atomic mass is 10.0. The van der Waals surface area contributed by atoms with Gasteiger partial charge in [0.05, 0.1) is 0 Å². The summed E-state index contributed by atoms with van der Waals surface area (Å²) in [5.74, 6) is -0.947. The molecule has 0 saturated heterocycles. The summed E-state index contributed by atoms with van der Waals surface area (Å²) in [6.07, 6.45) is 95.8. The second kappa shape index (κ2) is 66.8. The first-order valence-corrected chi connectivity index (χ1v) is 32.8. The third kappa shape index (κ3) is 64.1. The topological polar surface area (TPSA) is 78.9 Å². The van der Waals surface area contributed by atoms with Crippen molar-refractivity contribution < 1.29 is 28.6 Å². The summed E-state index contributed by atoms with van der Waals surface area (Å²) in [6.45, 7) is 6.38. The van der Waals surface area contributed by atoms with Gasteiger partial charge in [-0.05, 0) is 122 Å². The molecule has 0 heterocycles. The maximum absolute atomic E-state index is 12.9. The molecular weight excluding hydrogens is 985 g/mol. The molecule has 0 amide bonds. The summed E-state index contributed by atoms with van der Waals surface area (Å²) in [5, 5.41) is 0. The van der Waals surface area contributed by atoms with Gasteiger partial charge in [-0.25, -0.2) is 0 Å². The van der Waals surface area contributed by atoms with Gasteiger partial charge in [0.2, 0.25) is 0 Å². The monoisotopic (exact) mass is 1100 g/mol. The van der Waals surface area contributed by atoms with Crippen molar-refractivity contribution in [2.45, 2.75) is 290 Å². The van der Waals surface area contributed by atoms with Crippen LogP contribution >= 0.6 is 0 Å². The summed E-state index contributed by atoms with van der Waals surface area (Å²) in [6, 6.07) is 0. The molecule has 0 aromatic rings. The smallest absolute Gasteiger partial charge is 0.306 e. The van der Waals surface area contributed by atoms with Gasteiger partial charge in [0.1, 0.15) is 13.2 Å². The van der Waals surface area contributed by atoms with Crippen LogP contribution in [0.2, 0.25) is 0 Å². The van der Waals surface area contributed by atoms with Gasteiger partial charge in [-0.1, -0.05) is 289 Å². The van der Waals surface area contributed by atoms with Gasteiger partial charge in [-0.3, -0.25) is 14.4 Å². The highest BCUT2D eigenvalue weighted by molar-refractivity contribution is 5.71. The number of rotatable bonds is 58. The zero-order chi connectivity index (χ0) is 57.8. The number of hydrogen-bond acceptors (Lipinski definition) is 6. The summed E-state index contributed by atoms with van der Waals surface area (Å²) >= 11 is 0. The Morgan fingerprint density at radius 3 is 0.787 bits per heavy atom. The van der Waals surface area contributed by atoms with E-state index in [0.29, 0.717) is 19.3 Å². The van der Waals surface area contributed by atoms with Crippen LogP contribution in [0.25, 0.3) is 0 Å². The maximum atomic E-state index is 12.9. The van der Waals surface area contributed by atoms with Gasteiger partial charge in [-0.2, -0.15) is 0 Å². The van der Waals surface area contributed by atoms with E-state index in [1.54, 1.807) is 0 Å². The number of ether oxygens (including phenoxy) is 3. The fourth-order valence-electron chi connectivity index (χ4n) is 8.74. The van der Waals surface area contributed by atoms with Crippen molar-refractivity contribution in [3.8, 4) is 0 Å². The molecule has 0 aromatic heterocycles. The zero-order valence-electron chi connectivity index (χ0n) is 51.8. The van der Waals surface area contributed by atoms with E-state index in [1.165, 1.54) is 103 Å². The highest BCUT2D eigenvalue weighted by atomic mass is 16.6. The number of carbonyl (C=O) groups excluding carboxylic acids is 3. The highest BCUT2D eigenvalue weighted by Crippen LogP contribution is 2.15. The predicted octanol–water partition coefficient (Wildman–Crippen LogP) is 22.7. The Hall–Kier alpha value is -4.71. The van der Waals surface area contributed by atoms with Crippen LogP contribution in [0.5, 0.6) is 0 Å². The molecule has 0 aromatic carbocycles. The Balaban J connectivity index is 4.32. The second-order valence-electron chi connectivity index (χ2n) is 21.3. The van der Waals surface area contributed by atoms with Crippen LogP contribution in [0.4, 0.5) is 0 Å². The number of unbranched alkanes of at least 4 members (excludes halogenated alkanes) is 23.